The van der Waals surface area contributed by atoms with Crippen LogP contribution in [-0.4, -0.2) is 32.9 Å². The standard InChI is InChI=1S/C14H22FNO2/c1-5-16-13(10(2)17-3)9-11-6-7-14(18-4)12(15)8-11/h6-8,10,13,16H,5,9H2,1-4H3. The maximum Gasteiger partial charge on any atom is 0.165 e. The number of methoxy groups -OCH3 is 2. The Balaban J connectivity index is 2.77. The molecule has 0 radical (unpaired) electrons. The molecular formula is C14H22FNO2. The third kappa shape index (κ3) is 3.96. The average molecular weight is 255 g/mol. The van der Waals surface area contributed by atoms with Crippen LogP contribution >= 0.6 is 0 Å². The number of halogens is 1. The molecule has 1 aromatic carbocycles. The zero-order valence-corrected chi connectivity index (χ0v) is 11.5. The van der Waals surface area contributed by atoms with E-state index in [9.17, 15) is 4.39 Å². The fraction of sp³-hybridized carbons (Fsp3) is 0.571. The van der Waals surface area contributed by atoms with Crippen molar-refractivity contribution in [2.75, 3.05) is 20.8 Å². The summed E-state index contributed by atoms with van der Waals surface area (Å²) in [7, 11) is 3.15. The van der Waals surface area contributed by atoms with Crippen molar-refractivity contribution in [3.63, 3.8) is 0 Å². The Labute approximate surface area is 108 Å². The average Bonchev–Trinajstić information content (AvgIpc) is 2.37. The highest BCUT2D eigenvalue weighted by Gasteiger charge is 2.17. The highest BCUT2D eigenvalue weighted by Crippen LogP contribution is 2.19. The van der Waals surface area contributed by atoms with E-state index in [0.29, 0.717) is 0 Å². The van der Waals surface area contributed by atoms with Crippen LogP contribution in [0.2, 0.25) is 0 Å². The van der Waals surface area contributed by atoms with Gasteiger partial charge in [-0.2, -0.15) is 0 Å². The normalized spacial score (nSPS) is 14.3. The van der Waals surface area contributed by atoms with Crippen molar-refractivity contribution in [2.45, 2.75) is 32.4 Å². The Hall–Kier alpha value is -1.13. The highest BCUT2D eigenvalue weighted by atomic mass is 19.1. The van der Waals surface area contributed by atoms with Crippen LogP contribution in [0.3, 0.4) is 0 Å². The van der Waals surface area contributed by atoms with Crippen LogP contribution in [0.15, 0.2) is 18.2 Å². The summed E-state index contributed by atoms with van der Waals surface area (Å²) in [5.41, 5.74) is 0.933. The summed E-state index contributed by atoms with van der Waals surface area (Å²) < 4.78 is 23.8. The Morgan fingerprint density at radius 2 is 2.06 bits per heavy atom. The highest BCUT2D eigenvalue weighted by molar-refractivity contribution is 5.29. The first-order valence-electron chi connectivity index (χ1n) is 6.21. The largest absolute Gasteiger partial charge is 0.494 e. The number of likely N-dealkylation sites (N-methyl/N-ethyl adjacent to an activating group) is 1. The molecule has 0 amide bonds. The predicted octanol–water partition coefficient (Wildman–Crippen LogP) is 2.39. The molecule has 0 heterocycles. The molecule has 0 aliphatic carbocycles. The van der Waals surface area contributed by atoms with Gasteiger partial charge >= 0.3 is 0 Å². The predicted molar refractivity (Wildman–Crippen MR) is 70.6 cm³/mol. The molecule has 1 aromatic rings. The monoisotopic (exact) mass is 255 g/mol. The molecule has 0 saturated heterocycles. The lowest BCUT2D eigenvalue weighted by Gasteiger charge is -2.23. The second kappa shape index (κ2) is 7.34. The van der Waals surface area contributed by atoms with Crippen LogP contribution in [-0.2, 0) is 11.2 Å². The Morgan fingerprint density at radius 3 is 2.56 bits per heavy atom. The molecule has 3 nitrogen and oxygen atoms in total. The SMILES string of the molecule is CCNC(Cc1ccc(OC)c(F)c1)C(C)OC. The van der Waals surface area contributed by atoms with Gasteiger partial charge in [-0.1, -0.05) is 13.0 Å². The molecule has 0 aromatic heterocycles. The van der Waals surface area contributed by atoms with Gasteiger partial charge in [0.1, 0.15) is 0 Å². The number of nitrogens with one attached hydrogen (secondary N) is 1. The van der Waals surface area contributed by atoms with Crippen LogP contribution in [0.25, 0.3) is 0 Å². The minimum Gasteiger partial charge on any atom is -0.494 e. The van der Waals surface area contributed by atoms with E-state index in [-0.39, 0.29) is 23.7 Å². The molecule has 2 unspecified atom stereocenters. The summed E-state index contributed by atoms with van der Waals surface area (Å²) in [6.07, 6.45) is 0.805. The summed E-state index contributed by atoms with van der Waals surface area (Å²) >= 11 is 0. The summed E-state index contributed by atoms with van der Waals surface area (Å²) in [6, 6.07) is 5.23. The lowest BCUT2D eigenvalue weighted by atomic mass is 10.0. The maximum atomic E-state index is 13.6. The molecule has 0 bridgehead atoms. The smallest absolute Gasteiger partial charge is 0.165 e. The van der Waals surface area contributed by atoms with Crippen LogP contribution in [0.5, 0.6) is 5.75 Å². The minimum atomic E-state index is -0.324. The Morgan fingerprint density at radius 1 is 1.33 bits per heavy atom. The summed E-state index contributed by atoms with van der Waals surface area (Å²) in [4.78, 5) is 0. The number of hydrogen-bond acceptors (Lipinski definition) is 3. The minimum absolute atomic E-state index is 0.0788. The molecule has 4 heteroatoms. The van der Waals surface area contributed by atoms with Gasteiger partial charge in [0.05, 0.1) is 13.2 Å². The quantitative estimate of drug-likeness (QED) is 0.811. The van der Waals surface area contributed by atoms with Crippen LogP contribution < -0.4 is 10.1 Å². The van der Waals surface area contributed by atoms with Crippen molar-refractivity contribution in [1.82, 2.24) is 5.32 Å². The zero-order chi connectivity index (χ0) is 13.5. The first-order valence-corrected chi connectivity index (χ1v) is 6.21. The fourth-order valence-corrected chi connectivity index (χ4v) is 1.92. The van der Waals surface area contributed by atoms with Crippen LogP contribution in [0.1, 0.15) is 19.4 Å². The van der Waals surface area contributed by atoms with E-state index in [1.54, 1.807) is 13.2 Å². The maximum absolute atomic E-state index is 13.6. The first-order chi connectivity index (χ1) is 8.62. The summed E-state index contributed by atoms with van der Waals surface area (Å²) in [5, 5.41) is 3.35. The van der Waals surface area contributed by atoms with Crippen LogP contribution in [0, 0.1) is 5.82 Å². The third-order valence-corrected chi connectivity index (χ3v) is 3.08. The van der Waals surface area contributed by atoms with Gasteiger partial charge in [-0.05, 0) is 37.6 Å². The molecule has 102 valence electrons. The van der Waals surface area contributed by atoms with Gasteiger partial charge in [0.15, 0.2) is 11.6 Å². The fourth-order valence-electron chi connectivity index (χ4n) is 1.92. The number of benzene rings is 1. The van der Waals surface area contributed by atoms with E-state index in [2.05, 4.69) is 5.32 Å². The number of rotatable bonds is 7. The van der Waals surface area contributed by atoms with E-state index in [1.807, 2.05) is 19.9 Å². The third-order valence-electron chi connectivity index (χ3n) is 3.08. The van der Waals surface area contributed by atoms with E-state index in [1.165, 1.54) is 13.2 Å². The Kier molecular flexibility index (Phi) is 6.09. The first kappa shape index (κ1) is 14.9. The van der Waals surface area contributed by atoms with Crippen molar-refractivity contribution >= 4 is 0 Å². The number of ether oxygens (including phenoxy) is 2. The van der Waals surface area contributed by atoms with Gasteiger partial charge in [-0.25, -0.2) is 4.39 Å². The van der Waals surface area contributed by atoms with Crippen LogP contribution in [0.4, 0.5) is 4.39 Å². The molecule has 1 N–H and O–H groups in total. The Bertz CT molecular complexity index is 371. The van der Waals surface area contributed by atoms with Gasteiger partial charge in [0, 0.05) is 13.2 Å². The zero-order valence-electron chi connectivity index (χ0n) is 11.5. The lowest BCUT2D eigenvalue weighted by molar-refractivity contribution is 0.0836. The molecule has 1 rings (SSSR count). The van der Waals surface area contributed by atoms with Crippen molar-refractivity contribution in [3.05, 3.63) is 29.6 Å². The lowest BCUT2D eigenvalue weighted by Crippen LogP contribution is -2.40. The summed E-state index contributed by atoms with van der Waals surface area (Å²) in [5.74, 6) is -0.0474. The van der Waals surface area contributed by atoms with Crippen molar-refractivity contribution in [2.24, 2.45) is 0 Å². The molecule has 0 spiro atoms. The molecular weight excluding hydrogens is 233 g/mol. The van der Waals surface area contributed by atoms with E-state index in [0.717, 1.165) is 18.5 Å². The van der Waals surface area contributed by atoms with Gasteiger partial charge in [0.2, 0.25) is 0 Å². The van der Waals surface area contributed by atoms with Crippen molar-refractivity contribution in [3.8, 4) is 5.75 Å². The van der Waals surface area contributed by atoms with Gasteiger partial charge in [-0.15, -0.1) is 0 Å². The molecule has 0 aliphatic rings. The topological polar surface area (TPSA) is 30.5 Å². The molecule has 0 aliphatic heterocycles. The van der Waals surface area contributed by atoms with Gasteiger partial charge in [0.25, 0.3) is 0 Å². The molecule has 18 heavy (non-hydrogen) atoms. The molecule has 0 fully saturated rings. The second-order valence-electron chi connectivity index (χ2n) is 4.28. The number of hydrogen-bond donors (Lipinski definition) is 1. The van der Waals surface area contributed by atoms with Crippen molar-refractivity contribution < 1.29 is 13.9 Å². The van der Waals surface area contributed by atoms with E-state index >= 15 is 0 Å². The van der Waals surface area contributed by atoms with Gasteiger partial charge in [-0.3, -0.25) is 0 Å². The molecule has 0 saturated carbocycles. The second-order valence-corrected chi connectivity index (χ2v) is 4.28. The van der Waals surface area contributed by atoms with Gasteiger partial charge < -0.3 is 14.8 Å². The van der Waals surface area contributed by atoms with E-state index < -0.39 is 0 Å². The molecule has 2 atom stereocenters. The van der Waals surface area contributed by atoms with Crippen molar-refractivity contribution in [1.29, 1.82) is 0 Å². The summed E-state index contributed by atoms with van der Waals surface area (Å²) in [6.45, 7) is 4.91. The van der Waals surface area contributed by atoms with E-state index in [4.69, 9.17) is 9.47 Å².